The van der Waals surface area contributed by atoms with E-state index in [2.05, 4.69) is 15.7 Å². The lowest BCUT2D eigenvalue weighted by molar-refractivity contribution is -0.122. The molecule has 0 unspecified atom stereocenters. The van der Waals surface area contributed by atoms with Crippen LogP contribution in [0.25, 0.3) is 0 Å². The second-order valence-corrected chi connectivity index (χ2v) is 7.09. The highest BCUT2D eigenvalue weighted by Gasteiger charge is 2.25. The number of carbonyl (C=O) groups is 2. The first kappa shape index (κ1) is 17.4. The molecule has 3 aromatic rings. The largest absolute Gasteiger partial charge is 0.467 e. The third-order valence-electron chi connectivity index (χ3n) is 4.22. The highest BCUT2D eigenvalue weighted by molar-refractivity contribution is 7.98. The van der Waals surface area contributed by atoms with Crippen LogP contribution in [0.2, 0.25) is 0 Å². The number of nitrogens with zero attached hydrogens (tertiary/aromatic N) is 2. The second kappa shape index (κ2) is 7.71. The van der Waals surface area contributed by atoms with Crippen LogP contribution in [-0.2, 0) is 29.4 Å². The molecular formula is C19H18N4O3S. The SMILES string of the molecule is O=C(Cn1nc2c(c1NC(=O)c1ccccc1)CSC2)NCc1ccco1. The van der Waals surface area contributed by atoms with Gasteiger partial charge in [-0.2, -0.15) is 16.9 Å². The average molecular weight is 382 g/mol. The van der Waals surface area contributed by atoms with Crippen molar-refractivity contribution in [1.82, 2.24) is 15.1 Å². The monoisotopic (exact) mass is 382 g/mol. The minimum absolute atomic E-state index is 0.0305. The molecule has 0 saturated heterocycles. The van der Waals surface area contributed by atoms with Crippen LogP contribution in [0.15, 0.2) is 53.1 Å². The van der Waals surface area contributed by atoms with Gasteiger partial charge in [0.25, 0.3) is 5.91 Å². The minimum atomic E-state index is -0.215. The van der Waals surface area contributed by atoms with E-state index in [0.717, 1.165) is 22.8 Å². The molecule has 27 heavy (non-hydrogen) atoms. The summed E-state index contributed by atoms with van der Waals surface area (Å²) in [7, 11) is 0. The molecular weight excluding hydrogens is 364 g/mol. The van der Waals surface area contributed by atoms with Gasteiger partial charge in [0.2, 0.25) is 5.91 Å². The van der Waals surface area contributed by atoms with Gasteiger partial charge in [0.1, 0.15) is 18.1 Å². The highest BCUT2D eigenvalue weighted by Crippen LogP contribution is 2.34. The number of anilines is 1. The molecule has 0 saturated carbocycles. The van der Waals surface area contributed by atoms with Crippen LogP contribution in [0.1, 0.15) is 27.4 Å². The number of hydrogen-bond donors (Lipinski definition) is 2. The Morgan fingerprint density at radius 2 is 2.00 bits per heavy atom. The zero-order valence-corrected chi connectivity index (χ0v) is 15.3. The van der Waals surface area contributed by atoms with Crippen LogP contribution in [0.5, 0.6) is 0 Å². The summed E-state index contributed by atoms with van der Waals surface area (Å²) in [4.78, 5) is 24.9. The molecule has 1 aliphatic heterocycles. The molecule has 3 heterocycles. The number of aromatic nitrogens is 2. The first-order chi connectivity index (χ1) is 13.2. The molecule has 0 fully saturated rings. The number of amides is 2. The standard InChI is InChI=1S/C19H18N4O3S/c24-17(20-9-14-7-4-8-26-14)10-23-18(15-11-27-12-16(15)22-23)21-19(25)13-5-2-1-3-6-13/h1-8H,9-12H2,(H,20,24)(H,21,25). The summed E-state index contributed by atoms with van der Waals surface area (Å²) in [6.45, 7) is 0.344. The molecule has 8 heteroatoms. The number of furan rings is 1. The van der Waals surface area contributed by atoms with Gasteiger partial charge < -0.3 is 15.1 Å². The van der Waals surface area contributed by atoms with Crippen molar-refractivity contribution in [3.63, 3.8) is 0 Å². The number of rotatable bonds is 6. The van der Waals surface area contributed by atoms with E-state index in [1.165, 1.54) is 0 Å². The van der Waals surface area contributed by atoms with Gasteiger partial charge in [-0.15, -0.1) is 0 Å². The van der Waals surface area contributed by atoms with Crippen molar-refractivity contribution in [2.75, 3.05) is 5.32 Å². The van der Waals surface area contributed by atoms with E-state index in [0.29, 0.717) is 23.7 Å². The number of benzene rings is 1. The first-order valence-electron chi connectivity index (χ1n) is 8.52. The Morgan fingerprint density at radius 1 is 1.15 bits per heavy atom. The summed E-state index contributed by atoms with van der Waals surface area (Å²) < 4.78 is 6.78. The molecule has 0 atom stereocenters. The van der Waals surface area contributed by atoms with Crippen LogP contribution >= 0.6 is 11.8 Å². The third kappa shape index (κ3) is 3.90. The van der Waals surface area contributed by atoms with Crippen LogP contribution in [0.4, 0.5) is 5.82 Å². The number of nitrogens with one attached hydrogen (secondary N) is 2. The molecule has 0 spiro atoms. The Kier molecular flexibility index (Phi) is 4.97. The van der Waals surface area contributed by atoms with Gasteiger partial charge in [-0.3, -0.25) is 9.59 Å². The van der Waals surface area contributed by atoms with Crippen molar-refractivity contribution < 1.29 is 14.0 Å². The number of fused-ring (bicyclic) bond motifs is 1. The lowest BCUT2D eigenvalue weighted by atomic mass is 10.2. The van der Waals surface area contributed by atoms with Gasteiger partial charge in [0.15, 0.2) is 0 Å². The zero-order valence-electron chi connectivity index (χ0n) is 14.5. The van der Waals surface area contributed by atoms with E-state index in [1.807, 2.05) is 18.2 Å². The fraction of sp³-hybridized carbons (Fsp3) is 0.211. The summed E-state index contributed by atoms with van der Waals surface area (Å²) in [6, 6.07) is 12.6. The van der Waals surface area contributed by atoms with Gasteiger partial charge >= 0.3 is 0 Å². The minimum Gasteiger partial charge on any atom is -0.467 e. The van der Waals surface area contributed by atoms with Crippen molar-refractivity contribution in [2.24, 2.45) is 0 Å². The maximum absolute atomic E-state index is 12.6. The van der Waals surface area contributed by atoms with Crippen molar-refractivity contribution in [2.45, 2.75) is 24.6 Å². The molecule has 0 bridgehead atoms. The van der Waals surface area contributed by atoms with Crippen LogP contribution in [0, 0.1) is 0 Å². The van der Waals surface area contributed by atoms with E-state index in [9.17, 15) is 9.59 Å². The number of thioether (sulfide) groups is 1. The number of carbonyl (C=O) groups excluding carboxylic acids is 2. The predicted molar refractivity (Wildman–Crippen MR) is 102 cm³/mol. The summed E-state index contributed by atoms with van der Waals surface area (Å²) in [5.41, 5.74) is 2.47. The molecule has 2 aromatic heterocycles. The van der Waals surface area contributed by atoms with Crippen LogP contribution in [0.3, 0.4) is 0 Å². The molecule has 1 aromatic carbocycles. The number of hydrogen-bond acceptors (Lipinski definition) is 5. The molecule has 0 aliphatic carbocycles. The Morgan fingerprint density at radius 3 is 2.78 bits per heavy atom. The smallest absolute Gasteiger partial charge is 0.256 e. The molecule has 1 aliphatic rings. The Hall–Kier alpha value is -3.00. The van der Waals surface area contributed by atoms with Gasteiger partial charge in [-0.1, -0.05) is 18.2 Å². The molecule has 138 valence electrons. The third-order valence-corrected chi connectivity index (χ3v) is 5.19. The molecule has 4 rings (SSSR count). The van der Waals surface area contributed by atoms with Gasteiger partial charge in [-0.05, 0) is 24.3 Å². The quantitative estimate of drug-likeness (QED) is 0.684. The molecule has 0 radical (unpaired) electrons. The molecule has 2 amide bonds. The lowest BCUT2D eigenvalue weighted by Crippen LogP contribution is -2.28. The average Bonchev–Trinajstić information content (AvgIpc) is 3.41. The summed E-state index contributed by atoms with van der Waals surface area (Å²) >= 11 is 1.74. The highest BCUT2D eigenvalue weighted by atomic mass is 32.2. The lowest BCUT2D eigenvalue weighted by Gasteiger charge is -2.11. The normalized spacial score (nSPS) is 12.6. The van der Waals surface area contributed by atoms with Crippen molar-refractivity contribution in [3.05, 3.63) is 71.3 Å². The van der Waals surface area contributed by atoms with Crippen molar-refractivity contribution in [3.8, 4) is 0 Å². The Bertz CT molecular complexity index is 951. The van der Waals surface area contributed by atoms with E-state index >= 15 is 0 Å². The van der Waals surface area contributed by atoms with E-state index < -0.39 is 0 Å². The zero-order chi connectivity index (χ0) is 18.6. The van der Waals surface area contributed by atoms with Gasteiger partial charge in [0.05, 0.1) is 18.5 Å². The van der Waals surface area contributed by atoms with Crippen LogP contribution < -0.4 is 10.6 Å². The molecule has 7 nitrogen and oxygen atoms in total. The molecule has 2 N–H and O–H groups in total. The maximum atomic E-state index is 12.6. The summed E-state index contributed by atoms with van der Waals surface area (Å²) in [5, 5.41) is 10.3. The second-order valence-electron chi connectivity index (χ2n) is 6.10. The summed E-state index contributed by atoms with van der Waals surface area (Å²) in [5.74, 6) is 2.42. The van der Waals surface area contributed by atoms with E-state index in [4.69, 9.17) is 4.42 Å². The Labute approximate surface area is 160 Å². The van der Waals surface area contributed by atoms with Gasteiger partial charge in [-0.25, -0.2) is 4.68 Å². The summed E-state index contributed by atoms with van der Waals surface area (Å²) in [6.07, 6.45) is 1.56. The topological polar surface area (TPSA) is 89.2 Å². The van der Waals surface area contributed by atoms with E-state index in [-0.39, 0.29) is 18.4 Å². The fourth-order valence-electron chi connectivity index (χ4n) is 2.88. The Balaban J connectivity index is 1.49. The predicted octanol–water partition coefficient (Wildman–Crippen LogP) is 2.79. The van der Waals surface area contributed by atoms with Crippen molar-refractivity contribution in [1.29, 1.82) is 0 Å². The fourth-order valence-corrected chi connectivity index (χ4v) is 3.92. The van der Waals surface area contributed by atoms with Crippen molar-refractivity contribution >= 4 is 29.4 Å². The first-order valence-corrected chi connectivity index (χ1v) is 9.68. The van der Waals surface area contributed by atoms with Gasteiger partial charge in [0, 0.05) is 22.6 Å². The van der Waals surface area contributed by atoms with E-state index in [1.54, 1.807) is 47.0 Å². The van der Waals surface area contributed by atoms with Crippen LogP contribution in [-0.4, -0.2) is 21.6 Å². The maximum Gasteiger partial charge on any atom is 0.256 e.